The number of nitrogens with two attached hydrogens (primary N) is 1. The molecule has 2 atom stereocenters. The zero-order chi connectivity index (χ0) is 9.76. The average Bonchev–Trinajstić information content (AvgIpc) is 3.00. The van der Waals surface area contributed by atoms with E-state index in [1.54, 1.807) is 6.07 Å². The second-order valence-electron chi connectivity index (χ2n) is 4.67. The van der Waals surface area contributed by atoms with Crippen molar-refractivity contribution in [2.75, 3.05) is 0 Å². The first-order valence-corrected chi connectivity index (χ1v) is 5.26. The Morgan fingerprint density at radius 2 is 2.00 bits per heavy atom. The van der Waals surface area contributed by atoms with Crippen molar-refractivity contribution in [1.82, 2.24) is 0 Å². The molecule has 74 valence electrons. The van der Waals surface area contributed by atoms with Crippen LogP contribution >= 0.6 is 0 Å². The average molecular weight is 191 g/mol. The summed E-state index contributed by atoms with van der Waals surface area (Å²) in [5, 5.41) is 0. The summed E-state index contributed by atoms with van der Waals surface area (Å²) in [5.74, 6) is 1.18. The van der Waals surface area contributed by atoms with Gasteiger partial charge in [0.1, 0.15) is 5.82 Å². The maximum Gasteiger partial charge on any atom is 0.128 e. The van der Waals surface area contributed by atoms with Crippen LogP contribution in [0.15, 0.2) is 24.3 Å². The molecule has 2 aliphatic carbocycles. The van der Waals surface area contributed by atoms with Gasteiger partial charge in [-0.15, -0.1) is 0 Å². The molecule has 0 radical (unpaired) electrons. The molecule has 2 unspecified atom stereocenters. The van der Waals surface area contributed by atoms with Gasteiger partial charge in [0, 0.05) is 11.1 Å². The number of halogens is 1. The second-order valence-corrected chi connectivity index (χ2v) is 4.67. The molecule has 2 heteroatoms. The summed E-state index contributed by atoms with van der Waals surface area (Å²) < 4.78 is 13.5. The Hall–Kier alpha value is -0.890. The van der Waals surface area contributed by atoms with Crippen LogP contribution in [0.2, 0.25) is 0 Å². The zero-order valence-electron chi connectivity index (χ0n) is 8.04. The van der Waals surface area contributed by atoms with E-state index in [0.717, 1.165) is 17.9 Å². The SMILES string of the molecule is NC1(c2ccccc2F)CC1C1CC1. The van der Waals surface area contributed by atoms with Gasteiger partial charge in [-0.25, -0.2) is 4.39 Å². The fraction of sp³-hybridized carbons (Fsp3) is 0.500. The lowest BCUT2D eigenvalue weighted by Gasteiger charge is -2.12. The van der Waals surface area contributed by atoms with Crippen molar-refractivity contribution >= 4 is 0 Å². The highest BCUT2D eigenvalue weighted by molar-refractivity contribution is 5.34. The minimum absolute atomic E-state index is 0.141. The van der Waals surface area contributed by atoms with Gasteiger partial charge < -0.3 is 5.73 Å². The van der Waals surface area contributed by atoms with Gasteiger partial charge in [0.05, 0.1) is 0 Å². The summed E-state index contributed by atoms with van der Waals surface area (Å²) in [6.07, 6.45) is 3.55. The monoisotopic (exact) mass is 191 g/mol. The van der Waals surface area contributed by atoms with E-state index in [0.29, 0.717) is 5.92 Å². The Morgan fingerprint density at radius 1 is 1.29 bits per heavy atom. The maximum atomic E-state index is 13.5. The third-order valence-electron chi connectivity index (χ3n) is 3.63. The lowest BCUT2D eigenvalue weighted by atomic mass is 10.0. The molecule has 3 rings (SSSR count). The van der Waals surface area contributed by atoms with E-state index in [1.165, 1.54) is 18.9 Å². The molecule has 2 aliphatic rings. The fourth-order valence-electron chi connectivity index (χ4n) is 2.54. The third-order valence-corrected chi connectivity index (χ3v) is 3.63. The van der Waals surface area contributed by atoms with Crippen molar-refractivity contribution in [3.8, 4) is 0 Å². The lowest BCUT2D eigenvalue weighted by molar-refractivity contribution is 0.529. The molecule has 0 spiro atoms. The third kappa shape index (κ3) is 1.10. The molecule has 2 N–H and O–H groups in total. The van der Waals surface area contributed by atoms with Crippen LogP contribution in [0.3, 0.4) is 0 Å². The van der Waals surface area contributed by atoms with E-state index in [-0.39, 0.29) is 11.4 Å². The molecule has 1 aromatic carbocycles. The molecular formula is C12H14FN. The van der Waals surface area contributed by atoms with Gasteiger partial charge in [0.2, 0.25) is 0 Å². The van der Waals surface area contributed by atoms with E-state index in [1.807, 2.05) is 12.1 Å². The highest BCUT2D eigenvalue weighted by atomic mass is 19.1. The van der Waals surface area contributed by atoms with Crippen molar-refractivity contribution in [3.05, 3.63) is 35.6 Å². The van der Waals surface area contributed by atoms with Crippen LogP contribution in [0.4, 0.5) is 4.39 Å². The molecule has 0 aliphatic heterocycles. The summed E-state index contributed by atoms with van der Waals surface area (Å²) in [4.78, 5) is 0. The predicted octanol–water partition coefficient (Wildman–Crippen LogP) is 2.41. The molecule has 2 fully saturated rings. The van der Waals surface area contributed by atoms with E-state index >= 15 is 0 Å². The van der Waals surface area contributed by atoms with Crippen LogP contribution in [0.25, 0.3) is 0 Å². The maximum absolute atomic E-state index is 13.5. The molecule has 0 aromatic heterocycles. The summed E-state index contributed by atoms with van der Waals surface area (Å²) in [6, 6.07) is 6.93. The Balaban J connectivity index is 1.92. The highest BCUT2D eigenvalue weighted by Crippen LogP contribution is 2.60. The molecular weight excluding hydrogens is 177 g/mol. The first-order chi connectivity index (χ1) is 6.72. The van der Waals surface area contributed by atoms with Crippen LogP contribution in [-0.2, 0) is 5.54 Å². The summed E-state index contributed by atoms with van der Waals surface area (Å²) in [7, 11) is 0. The topological polar surface area (TPSA) is 26.0 Å². The summed E-state index contributed by atoms with van der Waals surface area (Å²) >= 11 is 0. The van der Waals surface area contributed by atoms with Gasteiger partial charge in [-0.05, 0) is 37.2 Å². The zero-order valence-corrected chi connectivity index (χ0v) is 8.04. The Morgan fingerprint density at radius 3 is 2.64 bits per heavy atom. The van der Waals surface area contributed by atoms with Crippen LogP contribution in [-0.4, -0.2) is 0 Å². The highest BCUT2D eigenvalue weighted by Gasteiger charge is 2.59. The van der Waals surface area contributed by atoms with Gasteiger partial charge in [-0.3, -0.25) is 0 Å². The van der Waals surface area contributed by atoms with Gasteiger partial charge in [-0.1, -0.05) is 18.2 Å². The van der Waals surface area contributed by atoms with Crippen LogP contribution in [0, 0.1) is 17.7 Å². The van der Waals surface area contributed by atoms with Crippen molar-refractivity contribution in [2.45, 2.75) is 24.8 Å². The fourth-order valence-corrected chi connectivity index (χ4v) is 2.54. The van der Waals surface area contributed by atoms with Gasteiger partial charge in [-0.2, -0.15) is 0 Å². The molecule has 1 nitrogen and oxygen atoms in total. The minimum atomic E-state index is -0.341. The van der Waals surface area contributed by atoms with Crippen molar-refractivity contribution in [1.29, 1.82) is 0 Å². The second kappa shape index (κ2) is 2.57. The van der Waals surface area contributed by atoms with Gasteiger partial charge >= 0.3 is 0 Å². The van der Waals surface area contributed by atoms with Crippen molar-refractivity contribution in [2.24, 2.45) is 17.6 Å². The first-order valence-electron chi connectivity index (χ1n) is 5.26. The Kier molecular flexibility index (Phi) is 1.55. The van der Waals surface area contributed by atoms with E-state index in [9.17, 15) is 4.39 Å². The molecule has 1 aromatic rings. The Labute approximate surface area is 83.1 Å². The quantitative estimate of drug-likeness (QED) is 0.763. The normalized spacial score (nSPS) is 35.7. The molecule has 2 saturated carbocycles. The number of hydrogen-bond acceptors (Lipinski definition) is 1. The molecule has 0 bridgehead atoms. The first kappa shape index (κ1) is 8.42. The van der Waals surface area contributed by atoms with Gasteiger partial charge in [0.25, 0.3) is 0 Å². The van der Waals surface area contributed by atoms with E-state index in [2.05, 4.69) is 0 Å². The number of hydrogen-bond donors (Lipinski definition) is 1. The van der Waals surface area contributed by atoms with Crippen LogP contribution < -0.4 is 5.73 Å². The molecule has 0 amide bonds. The molecule has 0 heterocycles. The molecule has 0 saturated heterocycles. The number of rotatable bonds is 2. The van der Waals surface area contributed by atoms with Crippen molar-refractivity contribution in [3.63, 3.8) is 0 Å². The molecule has 14 heavy (non-hydrogen) atoms. The largest absolute Gasteiger partial charge is 0.321 e. The van der Waals surface area contributed by atoms with E-state index < -0.39 is 0 Å². The Bertz CT molecular complexity index is 372. The van der Waals surface area contributed by atoms with Crippen LogP contribution in [0.5, 0.6) is 0 Å². The predicted molar refractivity (Wildman–Crippen MR) is 53.1 cm³/mol. The minimum Gasteiger partial charge on any atom is -0.321 e. The van der Waals surface area contributed by atoms with Crippen molar-refractivity contribution < 1.29 is 4.39 Å². The lowest BCUT2D eigenvalue weighted by Crippen LogP contribution is -2.24. The van der Waals surface area contributed by atoms with Crippen LogP contribution in [0.1, 0.15) is 24.8 Å². The smallest absolute Gasteiger partial charge is 0.128 e. The van der Waals surface area contributed by atoms with E-state index in [4.69, 9.17) is 5.73 Å². The van der Waals surface area contributed by atoms with Gasteiger partial charge in [0.15, 0.2) is 0 Å². The summed E-state index contributed by atoms with van der Waals surface area (Å²) in [6.45, 7) is 0. The summed E-state index contributed by atoms with van der Waals surface area (Å²) in [5.41, 5.74) is 6.59. The standard InChI is InChI=1S/C12H14FN/c13-11-4-2-1-3-9(11)12(14)7-10(12)8-5-6-8/h1-4,8,10H,5-7,14H2. The number of benzene rings is 1.